The molecule has 0 unspecified atom stereocenters. The average molecular weight is 375 g/mol. The molecule has 2 amide bonds. The molecule has 0 atom stereocenters. The van der Waals surface area contributed by atoms with Crippen molar-refractivity contribution in [1.82, 2.24) is 14.9 Å². The third-order valence-corrected chi connectivity index (χ3v) is 5.24. The molecule has 1 aromatic heterocycles. The highest BCUT2D eigenvalue weighted by molar-refractivity contribution is 6.31. The largest absolute Gasteiger partial charge is 0.336 e. The first-order valence-corrected chi connectivity index (χ1v) is 9.29. The molecule has 26 heavy (non-hydrogen) atoms. The first kappa shape index (κ1) is 18.5. The van der Waals surface area contributed by atoms with E-state index in [-0.39, 0.29) is 11.6 Å². The van der Waals surface area contributed by atoms with E-state index in [1.54, 1.807) is 30.6 Å². The van der Waals surface area contributed by atoms with Crippen LogP contribution in [0.5, 0.6) is 0 Å². The smallest absolute Gasteiger partial charge is 0.319 e. The maximum atomic E-state index is 12.2. The summed E-state index contributed by atoms with van der Waals surface area (Å²) in [6.07, 6.45) is 6.22. The summed E-state index contributed by atoms with van der Waals surface area (Å²) in [5.41, 5.74) is 2.29. The Labute approximate surface area is 157 Å². The third-order valence-electron chi connectivity index (χ3n) is 4.83. The van der Waals surface area contributed by atoms with E-state index in [0.717, 1.165) is 24.1 Å². The maximum absolute atomic E-state index is 12.2. The lowest BCUT2D eigenvalue weighted by Crippen LogP contribution is -2.34. The lowest BCUT2D eigenvalue weighted by Gasteiger charge is -2.12. The van der Waals surface area contributed by atoms with Crippen LogP contribution in [0.3, 0.4) is 0 Å². The Kier molecular flexibility index (Phi) is 5.93. The van der Waals surface area contributed by atoms with Gasteiger partial charge >= 0.3 is 6.03 Å². The molecule has 7 heteroatoms. The quantitative estimate of drug-likeness (QED) is 0.838. The SMILES string of the molecule is Cc1c(Cl)cccc1NC(=O)NCCn1cnc(C2CCCC2)cc1=O. The molecule has 1 aromatic carbocycles. The number of nitrogens with one attached hydrogen (secondary N) is 2. The molecule has 0 radical (unpaired) electrons. The Morgan fingerprint density at radius 1 is 1.35 bits per heavy atom. The second-order valence-corrected chi connectivity index (χ2v) is 7.03. The molecule has 2 aromatic rings. The first-order chi connectivity index (χ1) is 12.5. The van der Waals surface area contributed by atoms with E-state index >= 15 is 0 Å². The predicted molar refractivity (Wildman–Crippen MR) is 103 cm³/mol. The topological polar surface area (TPSA) is 76.0 Å². The van der Waals surface area contributed by atoms with Crippen molar-refractivity contribution >= 4 is 23.3 Å². The van der Waals surface area contributed by atoms with Gasteiger partial charge in [0.05, 0.1) is 12.0 Å². The number of benzene rings is 1. The molecule has 2 N–H and O–H groups in total. The number of amides is 2. The van der Waals surface area contributed by atoms with Crippen LogP contribution in [0, 0.1) is 6.92 Å². The average Bonchev–Trinajstić information content (AvgIpc) is 3.15. The van der Waals surface area contributed by atoms with Crippen molar-refractivity contribution in [2.24, 2.45) is 0 Å². The van der Waals surface area contributed by atoms with Gasteiger partial charge in [-0.05, 0) is 37.5 Å². The van der Waals surface area contributed by atoms with Crippen LogP contribution < -0.4 is 16.2 Å². The van der Waals surface area contributed by atoms with Gasteiger partial charge in [0.1, 0.15) is 0 Å². The van der Waals surface area contributed by atoms with E-state index in [4.69, 9.17) is 11.6 Å². The monoisotopic (exact) mass is 374 g/mol. The fraction of sp³-hybridized carbons (Fsp3) is 0.421. The highest BCUT2D eigenvalue weighted by Crippen LogP contribution is 2.32. The van der Waals surface area contributed by atoms with Gasteiger partial charge in [-0.2, -0.15) is 0 Å². The summed E-state index contributed by atoms with van der Waals surface area (Å²) in [4.78, 5) is 28.7. The zero-order valence-electron chi connectivity index (χ0n) is 14.8. The van der Waals surface area contributed by atoms with Gasteiger partial charge < -0.3 is 10.6 Å². The fourth-order valence-electron chi connectivity index (χ4n) is 3.25. The Hall–Kier alpha value is -2.34. The number of carbonyl (C=O) groups is 1. The van der Waals surface area contributed by atoms with Gasteiger partial charge in [-0.25, -0.2) is 9.78 Å². The molecule has 0 bridgehead atoms. The number of urea groups is 1. The minimum Gasteiger partial charge on any atom is -0.336 e. The molecule has 3 rings (SSSR count). The molecular weight excluding hydrogens is 352 g/mol. The van der Waals surface area contributed by atoms with Gasteiger partial charge in [0, 0.05) is 35.8 Å². The Bertz CT molecular complexity index is 844. The summed E-state index contributed by atoms with van der Waals surface area (Å²) in [6.45, 7) is 2.55. The predicted octanol–water partition coefficient (Wildman–Crippen LogP) is 3.68. The van der Waals surface area contributed by atoms with Crippen molar-refractivity contribution in [3.63, 3.8) is 0 Å². The number of hydrogen-bond acceptors (Lipinski definition) is 3. The van der Waals surface area contributed by atoms with E-state index in [2.05, 4.69) is 15.6 Å². The van der Waals surface area contributed by atoms with E-state index in [1.165, 1.54) is 17.4 Å². The highest BCUT2D eigenvalue weighted by Gasteiger charge is 2.18. The van der Waals surface area contributed by atoms with Crippen LogP contribution in [0.4, 0.5) is 10.5 Å². The van der Waals surface area contributed by atoms with Crippen molar-refractivity contribution < 1.29 is 4.79 Å². The van der Waals surface area contributed by atoms with Crippen molar-refractivity contribution in [1.29, 1.82) is 0 Å². The highest BCUT2D eigenvalue weighted by atomic mass is 35.5. The molecule has 1 fully saturated rings. The summed E-state index contributed by atoms with van der Waals surface area (Å²) < 4.78 is 1.52. The number of nitrogens with zero attached hydrogens (tertiary/aromatic N) is 2. The zero-order valence-corrected chi connectivity index (χ0v) is 15.6. The van der Waals surface area contributed by atoms with Crippen LogP contribution in [0.2, 0.25) is 5.02 Å². The summed E-state index contributed by atoms with van der Waals surface area (Å²) in [5, 5.41) is 6.10. The van der Waals surface area contributed by atoms with Crippen molar-refractivity contribution in [3.8, 4) is 0 Å². The summed E-state index contributed by atoms with van der Waals surface area (Å²) >= 11 is 6.04. The van der Waals surface area contributed by atoms with Crippen LogP contribution in [0.1, 0.15) is 42.9 Å². The van der Waals surface area contributed by atoms with Gasteiger partial charge in [0.15, 0.2) is 0 Å². The van der Waals surface area contributed by atoms with Gasteiger partial charge in [0.2, 0.25) is 0 Å². The number of rotatable bonds is 5. The van der Waals surface area contributed by atoms with Crippen molar-refractivity contribution in [2.75, 3.05) is 11.9 Å². The fourth-order valence-corrected chi connectivity index (χ4v) is 3.43. The molecule has 0 spiro atoms. The van der Waals surface area contributed by atoms with Crippen LogP contribution in [-0.2, 0) is 6.54 Å². The number of halogens is 1. The molecule has 1 aliphatic rings. The molecule has 1 heterocycles. The molecule has 1 saturated carbocycles. The Balaban J connectivity index is 1.52. The van der Waals surface area contributed by atoms with Gasteiger partial charge in [-0.3, -0.25) is 9.36 Å². The normalized spacial score (nSPS) is 14.4. The summed E-state index contributed by atoms with van der Waals surface area (Å²) in [5.74, 6) is 0.419. The lowest BCUT2D eigenvalue weighted by atomic mass is 10.0. The summed E-state index contributed by atoms with van der Waals surface area (Å²) in [6, 6.07) is 6.64. The molecule has 0 saturated heterocycles. The van der Waals surface area contributed by atoms with E-state index in [0.29, 0.717) is 29.7 Å². The standard InChI is InChI=1S/C19H23ClN4O2/c1-13-15(20)7-4-8-16(13)23-19(26)21-9-10-24-12-22-17(11-18(24)25)14-5-2-3-6-14/h4,7-8,11-12,14H,2-3,5-6,9-10H2,1H3,(H2,21,23,26). The number of carbonyl (C=O) groups excluding carboxylic acids is 1. The molecule has 138 valence electrons. The van der Waals surface area contributed by atoms with Crippen molar-refractivity contribution in [2.45, 2.75) is 45.1 Å². The number of anilines is 1. The number of hydrogen-bond donors (Lipinski definition) is 2. The Morgan fingerprint density at radius 3 is 2.85 bits per heavy atom. The molecular formula is C19H23ClN4O2. The second-order valence-electron chi connectivity index (χ2n) is 6.62. The number of aromatic nitrogens is 2. The van der Waals surface area contributed by atoms with E-state index in [9.17, 15) is 9.59 Å². The minimum atomic E-state index is -0.334. The third kappa shape index (κ3) is 4.43. The molecule has 1 aliphatic carbocycles. The zero-order chi connectivity index (χ0) is 18.5. The minimum absolute atomic E-state index is 0.0743. The lowest BCUT2D eigenvalue weighted by molar-refractivity contribution is 0.251. The van der Waals surface area contributed by atoms with Crippen LogP contribution >= 0.6 is 11.6 Å². The van der Waals surface area contributed by atoms with Gasteiger partial charge in [-0.15, -0.1) is 0 Å². The van der Waals surface area contributed by atoms with E-state index in [1.807, 2.05) is 6.92 Å². The second kappa shape index (κ2) is 8.36. The van der Waals surface area contributed by atoms with Crippen LogP contribution in [0.25, 0.3) is 0 Å². The molecule has 0 aliphatic heterocycles. The summed E-state index contributed by atoms with van der Waals surface area (Å²) in [7, 11) is 0. The van der Waals surface area contributed by atoms with Crippen LogP contribution in [-0.4, -0.2) is 22.1 Å². The first-order valence-electron chi connectivity index (χ1n) is 8.91. The van der Waals surface area contributed by atoms with Crippen molar-refractivity contribution in [3.05, 3.63) is 57.2 Å². The van der Waals surface area contributed by atoms with Crippen LogP contribution in [0.15, 0.2) is 35.4 Å². The maximum Gasteiger partial charge on any atom is 0.319 e. The van der Waals surface area contributed by atoms with Gasteiger partial charge in [0.25, 0.3) is 5.56 Å². The molecule has 6 nitrogen and oxygen atoms in total. The van der Waals surface area contributed by atoms with E-state index < -0.39 is 0 Å². The van der Waals surface area contributed by atoms with Gasteiger partial charge in [-0.1, -0.05) is 30.5 Å². The Morgan fingerprint density at radius 2 is 2.12 bits per heavy atom.